The van der Waals surface area contributed by atoms with Gasteiger partial charge in [-0.1, -0.05) is 31.0 Å². The molecule has 1 aromatic rings. The highest BCUT2D eigenvalue weighted by Gasteiger charge is 2.33. The Bertz CT molecular complexity index is 439. The highest BCUT2D eigenvalue weighted by atomic mass is 16.1. The smallest absolute Gasteiger partial charge is 0.220 e. The zero-order chi connectivity index (χ0) is 13.7. The van der Waals surface area contributed by atoms with Gasteiger partial charge in [0.05, 0.1) is 5.54 Å². The number of nitrogens with one attached hydrogen (secondary N) is 1. The monoisotopic (exact) mass is 261 g/mol. The van der Waals surface area contributed by atoms with Crippen molar-refractivity contribution in [1.82, 2.24) is 5.32 Å². The van der Waals surface area contributed by atoms with E-state index in [1.165, 1.54) is 0 Å². The lowest BCUT2D eigenvalue weighted by molar-refractivity contribution is -0.122. The van der Waals surface area contributed by atoms with Crippen molar-refractivity contribution in [2.45, 2.75) is 44.1 Å². The van der Waals surface area contributed by atoms with Gasteiger partial charge in [0.25, 0.3) is 0 Å². The molecular weight excluding hydrogens is 238 g/mol. The maximum absolute atomic E-state index is 12.0. The number of anilines is 1. The molecule has 0 unspecified atom stereocenters. The van der Waals surface area contributed by atoms with Crippen molar-refractivity contribution >= 4 is 11.6 Å². The highest BCUT2D eigenvalue weighted by Crippen LogP contribution is 2.28. The number of amides is 1. The largest absolute Gasteiger partial charge is 0.399 e. The van der Waals surface area contributed by atoms with Crippen LogP contribution in [0.25, 0.3) is 0 Å². The quantitative estimate of drug-likeness (QED) is 0.704. The van der Waals surface area contributed by atoms with E-state index in [4.69, 9.17) is 11.5 Å². The average molecular weight is 261 g/mol. The highest BCUT2D eigenvalue weighted by molar-refractivity contribution is 5.77. The number of carbonyl (C=O) groups excluding carboxylic acids is 1. The third kappa shape index (κ3) is 3.47. The molecule has 0 bridgehead atoms. The second kappa shape index (κ2) is 6.06. The Morgan fingerprint density at radius 2 is 1.95 bits per heavy atom. The number of hydrogen-bond acceptors (Lipinski definition) is 3. The molecule has 4 nitrogen and oxygen atoms in total. The van der Waals surface area contributed by atoms with E-state index < -0.39 is 0 Å². The van der Waals surface area contributed by atoms with Crippen LogP contribution in [0.5, 0.6) is 0 Å². The molecule has 0 atom stereocenters. The number of rotatable bonds is 5. The maximum atomic E-state index is 12.0. The Morgan fingerprint density at radius 1 is 1.26 bits per heavy atom. The summed E-state index contributed by atoms with van der Waals surface area (Å²) in [5, 5.41) is 3.13. The Labute approximate surface area is 114 Å². The van der Waals surface area contributed by atoms with E-state index in [1.807, 2.05) is 24.3 Å². The van der Waals surface area contributed by atoms with Gasteiger partial charge in [-0.2, -0.15) is 0 Å². The molecule has 2 rings (SSSR count). The summed E-state index contributed by atoms with van der Waals surface area (Å²) < 4.78 is 0. The van der Waals surface area contributed by atoms with E-state index in [0.717, 1.165) is 36.9 Å². The molecule has 1 fully saturated rings. The SMILES string of the molecule is NCC1(NC(=O)CCc2ccccc2N)CCCC1. The van der Waals surface area contributed by atoms with Crippen molar-refractivity contribution in [3.05, 3.63) is 29.8 Å². The summed E-state index contributed by atoms with van der Waals surface area (Å²) in [5.74, 6) is 0.0793. The summed E-state index contributed by atoms with van der Waals surface area (Å²) in [6.45, 7) is 0.534. The van der Waals surface area contributed by atoms with E-state index in [0.29, 0.717) is 19.4 Å². The fourth-order valence-corrected chi connectivity index (χ4v) is 2.80. The minimum atomic E-state index is -0.153. The Morgan fingerprint density at radius 3 is 2.58 bits per heavy atom. The lowest BCUT2D eigenvalue weighted by Gasteiger charge is -2.28. The van der Waals surface area contributed by atoms with Gasteiger partial charge in [0.2, 0.25) is 5.91 Å². The van der Waals surface area contributed by atoms with Crippen LogP contribution >= 0.6 is 0 Å². The zero-order valence-corrected chi connectivity index (χ0v) is 11.3. The second-order valence-electron chi connectivity index (χ2n) is 5.44. The molecule has 0 spiro atoms. The number of benzene rings is 1. The van der Waals surface area contributed by atoms with Crippen molar-refractivity contribution in [3.8, 4) is 0 Å². The fourth-order valence-electron chi connectivity index (χ4n) is 2.80. The number of aryl methyl sites for hydroxylation is 1. The van der Waals surface area contributed by atoms with E-state index in [9.17, 15) is 4.79 Å². The van der Waals surface area contributed by atoms with Crippen LogP contribution < -0.4 is 16.8 Å². The van der Waals surface area contributed by atoms with Gasteiger partial charge in [-0.3, -0.25) is 4.79 Å². The molecule has 1 aliphatic carbocycles. The van der Waals surface area contributed by atoms with E-state index in [-0.39, 0.29) is 11.4 Å². The second-order valence-corrected chi connectivity index (χ2v) is 5.44. The normalized spacial score (nSPS) is 17.3. The predicted octanol–water partition coefficient (Wildman–Crippen LogP) is 1.59. The van der Waals surface area contributed by atoms with Crippen molar-refractivity contribution in [1.29, 1.82) is 0 Å². The molecular formula is C15H23N3O. The van der Waals surface area contributed by atoms with Gasteiger partial charge in [0.15, 0.2) is 0 Å². The third-order valence-corrected chi connectivity index (χ3v) is 4.03. The topological polar surface area (TPSA) is 81.1 Å². The molecule has 19 heavy (non-hydrogen) atoms. The van der Waals surface area contributed by atoms with Crippen LogP contribution in [-0.2, 0) is 11.2 Å². The van der Waals surface area contributed by atoms with Gasteiger partial charge in [0.1, 0.15) is 0 Å². The first-order valence-electron chi connectivity index (χ1n) is 7.00. The number of nitrogen functional groups attached to an aromatic ring is 1. The third-order valence-electron chi connectivity index (χ3n) is 4.03. The standard InChI is InChI=1S/C15H23N3O/c16-11-15(9-3-4-10-15)18-14(19)8-7-12-5-1-2-6-13(12)17/h1-2,5-6H,3-4,7-11,16-17H2,(H,18,19). The van der Waals surface area contributed by atoms with Crippen LogP contribution in [0.2, 0.25) is 0 Å². The molecule has 0 aromatic heterocycles. The first-order chi connectivity index (χ1) is 9.15. The Hall–Kier alpha value is -1.55. The summed E-state index contributed by atoms with van der Waals surface area (Å²) in [4.78, 5) is 12.0. The van der Waals surface area contributed by atoms with Crippen LogP contribution in [0.1, 0.15) is 37.7 Å². The van der Waals surface area contributed by atoms with Crippen molar-refractivity contribution in [2.24, 2.45) is 5.73 Å². The molecule has 4 heteroatoms. The van der Waals surface area contributed by atoms with Gasteiger partial charge in [-0.05, 0) is 30.9 Å². The number of carbonyl (C=O) groups is 1. The molecule has 1 aliphatic rings. The van der Waals surface area contributed by atoms with Crippen molar-refractivity contribution in [2.75, 3.05) is 12.3 Å². The minimum absolute atomic E-state index is 0.0793. The first kappa shape index (κ1) is 13.9. The van der Waals surface area contributed by atoms with Crippen LogP contribution in [-0.4, -0.2) is 18.0 Å². The minimum Gasteiger partial charge on any atom is -0.399 e. The van der Waals surface area contributed by atoms with Gasteiger partial charge in [-0.15, -0.1) is 0 Å². The van der Waals surface area contributed by atoms with E-state index in [2.05, 4.69) is 5.32 Å². The molecule has 1 aromatic carbocycles. The molecule has 0 saturated heterocycles. The van der Waals surface area contributed by atoms with Crippen LogP contribution in [0.15, 0.2) is 24.3 Å². The summed E-state index contributed by atoms with van der Waals surface area (Å²) >= 11 is 0. The van der Waals surface area contributed by atoms with Crippen LogP contribution in [0.4, 0.5) is 5.69 Å². The number of hydrogen-bond donors (Lipinski definition) is 3. The zero-order valence-electron chi connectivity index (χ0n) is 11.3. The lowest BCUT2D eigenvalue weighted by atomic mass is 9.97. The summed E-state index contributed by atoms with van der Waals surface area (Å²) in [6.07, 6.45) is 5.47. The van der Waals surface area contributed by atoms with Crippen molar-refractivity contribution in [3.63, 3.8) is 0 Å². The first-order valence-corrected chi connectivity index (χ1v) is 7.00. The molecule has 1 amide bonds. The molecule has 0 heterocycles. The van der Waals surface area contributed by atoms with Gasteiger partial charge >= 0.3 is 0 Å². The van der Waals surface area contributed by atoms with Crippen LogP contribution in [0.3, 0.4) is 0 Å². The molecule has 5 N–H and O–H groups in total. The predicted molar refractivity (Wildman–Crippen MR) is 77.6 cm³/mol. The number of nitrogens with two attached hydrogens (primary N) is 2. The van der Waals surface area contributed by atoms with Gasteiger partial charge < -0.3 is 16.8 Å². The molecule has 0 aliphatic heterocycles. The number of para-hydroxylation sites is 1. The molecule has 0 radical (unpaired) electrons. The molecule has 104 valence electrons. The van der Waals surface area contributed by atoms with E-state index >= 15 is 0 Å². The fraction of sp³-hybridized carbons (Fsp3) is 0.533. The van der Waals surface area contributed by atoms with Gasteiger partial charge in [-0.25, -0.2) is 0 Å². The summed E-state index contributed by atoms with van der Waals surface area (Å²) in [7, 11) is 0. The van der Waals surface area contributed by atoms with Crippen LogP contribution in [0, 0.1) is 0 Å². The summed E-state index contributed by atoms with van der Waals surface area (Å²) in [6, 6.07) is 7.69. The summed E-state index contributed by atoms with van der Waals surface area (Å²) in [5.41, 5.74) is 13.3. The van der Waals surface area contributed by atoms with Crippen molar-refractivity contribution < 1.29 is 4.79 Å². The molecule has 1 saturated carbocycles. The Balaban J connectivity index is 1.86. The maximum Gasteiger partial charge on any atom is 0.220 e. The van der Waals surface area contributed by atoms with E-state index in [1.54, 1.807) is 0 Å². The van der Waals surface area contributed by atoms with Gasteiger partial charge in [0, 0.05) is 18.7 Å². The Kier molecular flexibility index (Phi) is 4.43. The average Bonchev–Trinajstić information content (AvgIpc) is 2.87. The lowest BCUT2D eigenvalue weighted by Crippen LogP contribution is -2.51.